The molecule has 0 saturated heterocycles. The van der Waals surface area contributed by atoms with E-state index >= 15 is 0 Å². The summed E-state index contributed by atoms with van der Waals surface area (Å²) in [5.41, 5.74) is 3.00. The molecule has 0 saturated carbocycles. The Bertz CT molecular complexity index is 634. The van der Waals surface area contributed by atoms with Gasteiger partial charge in [-0.3, -0.25) is 4.79 Å². The van der Waals surface area contributed by atoms with Crippen molar-refractivity contribution < 1.29 is 9.21 Å². The first-order valence-corrected chi connectivity index (χ1v) is 6.85. The molecule has 104 valence electrons. The molecule has 0 bridgehead atoms. The molecule has 2 aromatic rings. The molecule has 1 aliphatic rings. The molecule has 20 heavy (non-hydrogen) atoms. The average molecular weight is 271 g/mol. The minimum absolute atomic E-state index is 0.101. The number of fused-ring (bicyclic) bond motifs is 1. The molecule has 0 radical (unpaired) electrons. The van der Waals surface area contributed by atoms with Crippen LogP contribution in [0.15, 0.2) is 28.8 Å². The van der Waals surface area contributed by atoms with E-state index in [2.05, 4.69) is 15.6 Å². The Labute approximate surface area is 117 Å². The van der Waals surface area contributed by atoms with E-state index in [1.54, 1.807) is 6.20 Å². The SMILES string of the molecule is CCc1cnc(CNC(=O)c2ccc3c(c2)CCN3)o1. The van der Waals surface area contributed by atoms with Crippen LogP contribution in [-0.4, -0.2) is 17.4 Å². The fourth-order valence-corrected chi connectivity index (χ4v) is 2.30. The number of amides is 1. The van der Waals surface area contributed by atoms with E-state index in [-0.39, 0.29) is 5.91 Å². The third-order valence-electron chi connectivity index (χ3n) is 3.43. The summed E-state index contributed by atoms with van der Waals surface area (Å²) in [6.45, 7) is 3.26. The standard InChI is InChI=1S/C15H17N3O2/c1-2-12-8-17-14(20-12)9-18-15(19)11-3-4-13-10(7-11)5-6-16-13/h3-4,7-8,16H,2,5-6,9H2,1H3,(H,18,19). The van der Waals surface area contributed by atoms with Crippen molar-refractivity contribution in [3.05, 3.63) is 47.2 Å². The van der Waals surface area contributed by atoms with Crippen molar-refractivity contribution in [1.29, 1.82) is 0 Å². The maximum Gasteiger partial charge on any atom is 0.251 e. The number of anilines is 1. The number of hydrogen-bond donors (Lipinski definition) is 2. The Balaban J connectivity index is 1.64. The Morgan fingerprint density at radius 3 is 3.20 bits per heavy atom. The van der Waals surface area contributed by atoms with Crippen molar-refractivity contribution >= 4 is 11.6 Å². The zero-order chi connectivity index (χ0) is 13.9. The summed E-state index contributed by atoms with van der Waals surface area (Å²) in [5.74, 6) is 1.27. The fourth-order valence-electron chi connectivity index (χ4n) is 2.30. The Kier molecular flexibility index (Phi) is 3.41. The molecule has 0 spiro atoms. The lowest BCUT2D eigenvalue weighted by atomic mass is 10.1. The number of carbonyl (C=O) groups excluding carboxylic acids is 1. The van der Waals surface area contributed by atoms with Crippen LogP contribution in [-0.2, 0) is 19.4 Å². The molecule has 2 N–H and O–H groups in total. The first-order valence-electron chi connectivity index (χ1n) is 6.85. The van der Waals surface area contributed by atoms with Crippen molar-refractivity contribution in [2.24, 2.45) is 0 Å². The third kappa shape index (κ3) is 2.52. The summed E-state index contributed by atoms with van der Waals surface area (Å²) < 4.78 is 5.46. The second-order valence-electron chi connectivity index (χ2n) is 4.81. The van der Waals surface area contributed by atoms with Crippen molar-refractivity contribution in [2.75, 3.05) is 11.9 Å². The van der Waals surface area contributed by atoms with Gasteiger partial charge in [0.25, 0.3) is 5.91 Å². The number of rotatable bonds is 4. The van der Waals surface area contributed by atoms with E-state index in [1.165, 1.54) is 5.56 Å². The Morgan fingerprint density at radius 2 is 2.40 bits per heavy atom. The molecule has 0 atom stereocenters. The summed E-state index contributed by atoms with van der Waals surface area (Å²) in [7, 11) is 0. The van der Waals surface area contributed by atoms with Gasteiger partial charge in [0.05, 0.1) is 12.7 Å². The highest BCUT2D eigenvalue weighted by atomic mass is 16.4. The van der Waals surface area contributed by atoms with Gasteiger partial charge in [0.2, 0.25) is 5.89 Å². The van der Waals surface area contributed by atoms with Crippen molar-refractivity contribution in [3.63, 3.8) is 0 Å². The fraction of sp³-hybridized carbons (Fsp3) is 0.333. The largest absolute Gasteiger partial charge is 0.444 e. The molecule has 0 aliphatic carbocycles. The molecule has 2 heterocycles. The molecule has 0 unspecified atom stereocenters. The number of aryl methyl sites for hydroxylation is 1. The normalized spacial score (nSPS) is 12.8. The van der Waals surface area contributed by atoms with Gasteiger partial charge in [-0.05, 0) is 30.2 Å². The topological polar surface area (TPSA) is 67.2 Å². The van der Waals surface area contributed by atoms with E-state index in [4.69, 9.17) is 4.42 Å². The maximum absolute atomic E-state index is 12.1. The van der Waals surface area contributed by atoms with E-state index in [1.807, 2.05) is 25.1 Å². The Morgan fingerprint density at radius 1 is 1.50 bits per heavy atom. The number of nitrogens with zero attached hydrogens (tertiary/aromatic N) is 1. The quantitative estimate of drug-likeness (QED) is 0.894. The van der Waals surface area contributed by atoms with E-state index in [9.17, 15) is 4.79 Å². The Hall–Kier alpha value is -2.30. The zero-order valence-electron chi connectivity index (χ0n) is 11.4. The second kappa shape index (κ2) is 5.36. The van der Waals surface area contributed by atoms with E-state index in [0.717, 1.165) is 30.8 Å². The first kappa shape index (κ1) is 12.7. The van der Waals surface area contributed by atoms with Crippen molar-refractivity contribution in [1.82, 2.24) is 10.3 Å². The summed E-state index contributed by atoms with van der Waals surface area (Å²) in [6.07, 6.45) is 3.47. The van der Waals surface area contributed by atoms with Gasteiger partial charge in [0.1, 0.15) is 5.76 Å². The lowest BCUT2D eigenvalue weighted by Gasteiger charge is -2.05. The van der Waals surface area contributed by atoms with Crippen LogP contribution in [0.5, 0.6) is 0 Å². The molecule has 1 amide bonds. The number of oxazole rings is 1. The predicted molar refractivity (Wildman–Crippen MR) is 75.7 cm³/mol. The van der Waals surface area contributed by atoms with Crippen LogP contribution >= 0.6 is 0 Å². The van der Waals surface area contributed by atoms with Crippen LogP contribution in [0.1, 0.15) is 34.5 Å². The molecule has 1 aromatic carbocycles. The third-order valence-corrected chi connectivity index (χ3v) is 3.43. The minimum Gasteiger partial charge on any atom is -0.444 e. The number of carbonyl (C=O) groups is 1. The molecule has 0 fully saturated rings. The lowest BCUT2D eigenvalue weighted by Crippen LogP contribution is -2.23. The number of hydrogen-bond acceptors (Lipinski definition) is 4. The van der Waals surface area contributed by atoms with Crippen molar-refractivity contribution in [3.8, 4) is 0 Å². The molecule has 1 aliphatic heterocycles. The van der Waals surface area contributed by atoms with Gasteiger partial charge in [-0.15, -0.1) is 0 Å². The van der Waals surface area contributed by atoms with Crippen LogP contribution in [0.25, 0.3) is 0 Å². The van der Waals surface area contributed by atoms with Gasteiger partial charge in [-0.25, -0.2) is 4.98 Å². The second-order valence-corrected chi connectivity index (χ2v) is 4.81. The summed E-state index contributed by atoms with van der Waals surface area (Å²) >= 11 is 0. The highest BCUT2D eigenvalue weighted by Crippen LogP contribution is 2.22. The summed E-state index contributed by atoms with van der Waals surface area (Å²) in [5, 5.41) is 6.10. The van der Waals surface area contributed by atoms with Gasteiger partial charge in [0.15, 0.2) is 0 Å². The minimum atomic E-state index is -0.101. The van der Waals surface area contributed by atoms with E-state index < -0.39 is 0 Å². The van der Waals surface area contributed by atoms with Gasteiger partial charge in [-0.1, -0.05) is 6.92 Å². The van der Waals surface area contributed by atoms with Gasteiger partial charge >= 0.3 is 0 Å². The number of nitrogens with one attached hydrogen (secondary N) is 2. The highest BCUT2D eigenvalue weighted by Gasteiger charge is 2.13. The van der Waals surface area contributed by atoms with Gasteiger partial charge in [-0.2, -0.15) is 0 Å². The van der Waals surface area contributed by atoms with Crippen molar-refractivity contribution in [2.45, 2.75) is 26.3 Å². The van der Waals surface area contributed by atoms with Crippen LogP contribution in [0, 0.1) is 0 Å². The summed E-state index contributed by atoms with van der Waals surface area (Å²) in [4.78, 5) is 16.2. The van der Waals surface area contributed by atoms with Crippen LogP contribution < -0.4 is 10.6 Å². The van der Waals surface area contributed by atoms with Crippen LogP contribution in [0.3, 0.4) is 0 Å². The molecule has 3 rings (SSSR count). The van der Waals surface area contributed by atoms with Crippen LogP contribution in [0.2, 0.25) is 0 Å². The highest BCUT2D eigenvalue weighted by molar-refractivity contribution is 5.94. The molecule has 5 nitrogen and oxygen atoms in total. The zero-order valence-corrected chi connectivity index (χ0v) is 11.4. The van der Waals surface area contributed by atoms with E-state index in [0.29, 0.717) is 18.0 Å². The molecular formula is C15H17N3O2. The molecule has 5 heteroatoms. The molecular weight excluding hydrogens is 254 g/mol. The maximum atomic E-state index is 12.1. The number of aromatic nitrogens is 1. The van der Waals surface area contributed by atoms with Gasteiger partial charge < -0.3 is 15.1 Å². The molecule has 1 aromatic heterocycles. The average Bonchev–Trinajstić information content (AvgIpc) is 3.12. The predicted octanol–water partition coefficient (Wildman–Crippen LogP) is 2.14. The smallest absolute Gasteiger partial charge is 0.251 e. The monoisotopic (exact) mass is 271 g/mol. The van der Waals surface area contributed by atoms with Crippen LogP contribution in [0.4, 0.5) is 5.69 Å². The van der Waals surface area contributed by atoms with Gasteiger partial charge in [0, 0.05) is 24.2 Å². The number of benzene rings is 1. The summed E-state index contributed by atoms with van der Waals surface area (Å²) in [6, 6.07) is 5.73. The first-order chi connectivity index (χ1) is 9.76. The lowest BCUT2D eigenvalue weighted by molar-refractivity contribution is 0.0947.